The van der Waals surface area contributed by atoms with Crippen molar-refractivity contribution in [2.75, 3.05) is 25.5 Å². The SMILES string of the molecule is CNc1ccc(C2=CCN(C(=O)OC(C)(C)C)CC2)nn1. The Labute approximate surface area is 125 Å². The molecule has 0 atom stereocenters. The van der Waals surface area contributed by atoms with E-state index in [1.807, 2.05) is 46.0 Å². The molecule has 0 saturated carbocycles. The zero-order chi connectivity index (χ0) is 15.5. The Hall–Kier alpha value is -2.11. The summed E-state index contributed by atoms with van der Waals surface area (Å²) >= 11 is 0. The normalized spacial score (nSPS) is 15.4. The molecule has 1 aliphatic rings. The van der Waals surface area contributed by atoms with Gasteiger partial charge in [-0.2, -0.15) is 0 Å². The van der Waals surface area contributed by atoms with Gasteiger partial charge < -0.3 is 15.0 Å². The Kier molecular flexibility index (Phi) is 4.45. The summed E-state index contributed by atoms with van der Waals surface area (Å²) in [6, 6.07) is 3.83. The third kappa shape index (κ3) is 4.18. The molecule has 0 bridgehead atoms. The minimum atomic E-state index is -0.463. The van der Waals surface area contributed by atoms with Crippen molar-refractivity contribution in [3.05, 3.63) is 23.9 Å². The first-order valence-corrected chi connectivity index (χ1v) is 7.08. The molecular formula is C15H22N4O2. The van der Waals surface area contributed by atoms with E-state index in [0.717, 1.165) is 23.5 Å². The highest BCUT2D eigenvalue weighted by atomic mass is 16.6. The third-order valence-electron chi connectivity index (χ3n) is 3.11. The summed E-state index contributed by atoms with van der Waals surface area (Å²) in [6.45, 7) is 6.79. The quantitative estimate of drug-likeness (QED) is 0.906. The molecule has 1 N–H and O–H groups in total. The largest absolute Gasteiger partial charge is 0.444 e. The minimum Gasteiger partial charge on any atom is -0.444 e. The number of carbonyl (C=O) groups is 1. The van der Waals surface area contributed by atoms with Crippen LogP contribution in [-0.2, 0) is 4.74 Å². The molecule has 0 radical (unpaired) electrons. The van der Waals surface area contributed by atoms with Crippen molar-refractivity contribution in [3.63, 3.8) is 0 Å². The lowest BCUT2D eigenvalue weighted by molar-refractivity contribution is 0.0270. The van der Waals surface area contributed by atoms with Crippen LogP contribution < -0.4 is 5.32 Å². The van der Waals surface area contributed by atoms with Crippen LogP contribution in [0.2, 0.25) is 0 Å². The summed E-state index contributed by atoms with van der Waals surface area (Å²) in [5.74, 6) is 0.741. The van der Waals surface area contributed by atoms with Gasteiger partial charge in [-0.05, 0) is 44.9 Å². The van der Waals surface area contributed by atoms with E-state index in [9.17, 15) is 4.79 Å². The van der Waals surface area contributed by atoms with E-state index in [-0.39, 0.29) is 6.09 Å². The number of ether oxygens (including phenoxy) is 1. The van der Waals surface area contributed by atoms with Crippen molar-refractivity contribution in [2.24, 2.45) is 0 Å². The maximum atomic E-state index is 12.0. The van der Waals surface area contributed by atoms with Crippen LogP contribution in [0.15, 0.2) is 18.2 Å². The third-order valence-corrected chi connectivity index (χ3v) is 3.11. The Morgan fingerprint density at radius 3 is 2.57 bits per heavy atom. The Morgan fingerprint density at radius 1 is 1.33 bits per heavy atom. The van der Waals surface area contributed by atoms with Crippen LogP contribution in [0.25, 0.3) is 5.57 Å². The zero-order valence-electron chi connectivity index (χ0n) is 13.0. The summed E-state index contributed by atoms with van der Waals surface area (Å²) in [4.78, 5) is 13.7. The average molecular weight is 290 g/mol. The van der Waals surface area contributed by atoms with Gasteiger partial charge in [-0.15, -0.1) is 10.2 Å². The lowest BCUT2D eigenvalue weighted by atomic mass is 10.0. The number of hydrogen-bond acceptors (Lipinski definition) is 5. The molecule has 0 aliphatic carbocycles. The molecule has 0 unspecified atom stereocenters. The van der Waals surface area contributed by atoms with Gasteiger partial charge in [-0.25, -0.2) is 4.79 Å². The van der Waals surface area contributed by atoms with Crippen molar-refractivity contribution in [1.82, 2.24) is 15.1 Å². The monoisotopic (exact) mass is 290 g/mol. The first kappa shape index (κ1) is 15.3. The van der Waals surface area contributed by atoms with Crippen molar-refractivity contribution < 1.29 is 9.53 Å². The van der Waals surface area contributed by atoms with Crippen LogP contribution in [0.1, 0.15) is 32.9 Å². The van der Waals surface area contributed by atoms with Crippen molar-refractivity contribution in [3.8, 4) is 0 Å². The summed E-state index contributed by atoms with van der Waals surface area (Å²) in [6.07, 6.45) is 2.50. The van der Waals surface area contributed by atoms with Gasteiger partial charge in [0.2, 0.25) is 0 Å². The highest BCUT2D eigenvalue weighted by molar-refractivity contribution is 5.71. The van der Waals surface area contributed by atoms with Gasteiger partial charge >= 0.3 is 6.09 Å². The van der Waals surface area contributed by atoms with Gasteiger partial charge in [0.05, 0.1) is 5.69 Å². The lowest BCUT2D eigenvalue weighted by Gasteiger charge is -2.29. The topological polar surface area (TPSA) is 67.4 Å². The number of nitrogens with zero attached hydrogens (tertiary/aromatic N) is 3. The summed E-state index contributed by atoms with van der Waals surface area (Å²) in [7, 11) is 1.81. The van der Waals surface area contributed by atoms with Crippen LogP contribution in [0.3, 0.4) is 0 Å². The standard InChI is InChI=1S/C15H22N4O2/c1-15(2,3)21-14(20)19-9-7-11(8-10-19)12-5-6-13(16-4)18-17-12/h5-7H,8-10H2,1-4H3,(H,16,18). The Balaban J connectivity index is 1.99. The van der Waals surface area contributed by atoms with Crippen molar-refractivity contribution in [1.29, 1.82) is 0 Å². The number of carbonyl (C=O) groups excluding carboxylic acids is 1. The van der Waals surface area contributed by atoms with Crippen molar-refractivity contribution in [2.45, 2.75) is 32.8 Å². The molecule has 1 aromatic rings. The minimum absolute atomic E-state index is 0.269. The summed E-state index contributed by atoms with van der Waals surface area (Å²) in [5, 5.41) is 11.2. The molecule has 6 heteroatoms. The number of rotatable bonds is 2. The highest BCUT2D eigenvalue weighted by Gasteiger charge is 2.24. The molecule has 0 spiro atoms. The number of amides is 1. The van der Waals surface area contributed by atoms with Crippen LogP contribution in [0.5, 0.6) is 0 Å². The maximum Gasteiger partial charge on any atom is 0.410 e. The van der Waals surface area contributed by atoms with E-state index in [4.69, 9.17) is 4.74 Å². The van der Waals surface area contributed by atoms with Crippen molar-refractivity contribution >= 4 is 17.5 Å². The molecule has 0 saturated heterocycles. The lowest BCUT2D eigenvalue weighted by Crippen LogP contribution is -2.39. The Bertz CT molecular complexity index is 532. The molecule has 1 aliphatic heterocycles. The number of anilines is 1. The molecule has 1 amide bonds. The average Bonchev–Trinajstić information content (AvgIpc) is 2.46. The molecular weight excluding hydrogens is 268 g/mol. The van der Waals surface area contributed by atoms with Gasteiger partial charge in [-0.3, -0.25) is 0 Å². The molecule has 6 nitrogen and oxygen atoms in total. The number of nitrogens with one attached hydrogen (secondary N) is 1. The molecule has 0 aromatic carbocycles. The molecule has 2 rings (SSSR count). The predicted molar refractivity (Wildman–Crippen MR) is 82.0 cm³/mol. The first-order chi connectivity index (χ1) is 9.89. The van der Waals surface area contributed by atoms with E-state index in [0.29, 0.717) is 13.1 Å². The zero-order valence-corrected chi connectivity index (χ0v) is 13.0. The number of aromatic nitrogens is 2. The molecule has 21 heavy (non-hydrogen) atoms. The van der Waals surface area contributed by atoms with E-state index in [2.05, 4.69) is 15.5 Å². The van der Waals surface area contributed by atoms with Gasteiger partial charge in [0.1, 0.15) is 11.4 Å². The van der Waals surface area contributed by atoms with Crippen LogP contribution in [-0.4, -0.2) is 46.9 Å². The van der Waals surface area contributed by atoms with Gasteiger partial charge in [-0.1, -0.05) is 6.08 Å². The second-order valence-electron chi connectivity index (χ2n) is 5.96. The summed E-state index contributed by atoms with van der Waals surface area (Å²) in [5.41, 5.74) is 1.51. The first-order valence-electron chi connectivity index (χ1n) is 7.08. The maximum absolute atomic E-state index is 12.0. The second-order valence-corrected chi connectivity index (χ2v) is 5.96. The molecule has 0 fully saturated rings. The predicted octanol–water partition coefficient (Wildman–Crippen LogP) is 2.54. The van der Waals surface area contributed by atoms with E-state index in [1.54, 1.807) is 4.90 Å². The van der Waals surface area contributed by atoms with E-state index >= 15 is 0 Å². The fourth-order valence-electron chi connectivity index (χ4n) is 2.03. The molecule has 1 aromatic heterocycles. The molecule has 2 heterocycles. The fraction of sp³-hybridized carbons (Fsp3) is 0.533. The van der Waals surface area contributed by atoms with E-state index < -0.39 is 5.60 Å². The second kappa shape index (κ2) is 6.11. The summed E-state index contributed by atoms with van der Waals surface area (Å²) < 4.78 is 5.37. The van der Waals surface area contributed by atoms with Gasteiger partial charge in [0.25, 0.3) is 0 Å². The van der Waals surface area contributed by atoms with Crippen LogP contribution in [0.4, 0.5) is 10.6 Å². The van der Waals surface area contributed by atoms with Gasteiger partial charge in [0, 0.05) is 20.1 Å². The molecule has 114 valence electrons. The van der Waals surface area contributed by atoms with Crippen LogP contribution >= 0.6 is 0 Å². The van der Waals surface area contributed by atoms with E-state index in [1.165, 1.54) is 0 Å². The van der Waals surface area contributed by atoms with Gasteiger partial charge in [0.15, 0.2) is 0 Å². The van der Waals surface area contributed by atoms with Crippen LogP contribution in [0, 0.1) is 0 Å². The number of hydrogen-bond donors (Lipinski definition) is 1. The fourth-order valence-corrected chi connectivity index (χ4v) is 2.03. The Morgan fingerprint density at radius 2 is 2.10 bits per heavy atom. The smallest absolute Gasteiger partial charge is 0.410 e. The highest BCUT2D eigenvalue weighted by Crippen LogP contribution is 2.22.